The van der Waals surface area contributed by atoms with Crippen LogP contribution in [0.25, 0.3) is 0 Å². The number of nitrogens with zero attached hydrogens (tertiary/aromatic N) is 2. The maximum atomic E-state index is 13.1. The van der Waals surface area contributed by atoms with Crippen molar-refractivity contribution in [1.29, 1.82) is 0 Å². The Morgan fingerprint density at radius 3 is 2.52 bits per heavy atom. The largest absolute Gasteiger partial charge is 0.357 e. The third-order valence-corrected chi connectivity index (χ3v) is 3.65. The maximum absolute atomic E-state index is 13.1. The molecule has 1 rings (SSSR count). The Balaban J connectivity index is 0.00000576. The summed E-state index contributed by atoms with van der Waals surface area (Å²) in [5.41, 5.74) is 0.940. The summed E-state index contributed by atoms with van der Waals surface area (Å²) in [6.07, 6.45) is 1.11. The van der Waals surface area contributed by atoms with Crippen LogP contribution in [0, 0.1) is 5.82 Å². The van der Waals surface area contributed by atoms with Crippen molar-refractivity contribution in [2.75, 3.05) is 32.7 Å². The van der Waals surface area contributed by atoms with Crippen LogP contribution in [0.2, 0.25) is 0 Å². The van der Waals surface area contributed by atoms with Gasteiger partial charge in [0.05, 0.1) is 6.54 Å². The molecule has 0 saturated heterocycles. The molecule has 25 heavy (non-hydrogen) atoms. The number of benzene rings is 1. The van der Waals surface area contributed by atoms with Crippen LogP contribution in [0.15, 0.2) is 29.3 Å². The fourth-order valence-electron chi connectivity index (χ4n) is 2.36. The van der Waals surface area contributed by atoms with Crippen molar-refractivity contribution in [1.82, 2.24) is 15.5 Å². The Kier molecular flexibility index (Phi) is 13.1. The highest BCUT2D eigenvalue weighted by molar-refractivity contribution is 14.0. The van der Waals surface area contributed by atoms with Crippen LogP contribution < -0.4 is 10.6 Å². The highest BCUT2D eigenvalue weighted by Crippen LogP contribution is 2.03. The van der Waals surface area contributed by atoms with Crippen molar-refractivity contribution < 1.29 is 9.18 Å². The van der Waals surface area contributed by atoms with Crippen LogP contribution in [0.4, 0.5) is 4.39 Å². The number of carbonyl (C=O) groups excluding carboxylic acids is 1. The molecular formula is C18H30FIN4O. The van der Waals surface area contributed by atoms with Crippen LogP contribution in [0.1, 0.15) is 32.8 Å². The molecule has 1 aromatic carbocycles. The van der Waals surface area contributed by atoms with Gasteiger partial charge in [-0.05, 0) is 44.9 Å². The van der Waals surface area contributed by atoms with Gasteiger partial charge in [0, 0.05) is 32.6 Å². The average Bonchev–Trinajstić information content (AvgIpc) is 2.56. The van der Waals surface area contributed by atoms with Crippen molar-refractivity contribution in [2.45, 2.75) is 33.6 Å². The standard InChI is InChI=1S/C18H29FN4O.HI/c1-4-20-18(22-13-11-17(24)23(5-2)6-3)21-12-10-15-8-7-9-16(19)14-15;/h7-9,14H,4-6,10-13H2,1-3H3,(H2,20,21,22);1H. The molecule has 0 atom stereocenters. The first-order chi connectivity index (χ1) is 11.6. The summed E-state index contributed by atoms with van der Waals surface area (Å²) < 4.78 is 13.1. The molecule has 7 heteroatoms. The highest BCUT2D eigenvalue weighted by Gasteiger charge is 2.08. The fraction of sp³-hybridized carbons (Fsp3) is 0.556. The van der Waals surface area contributed by atoms with Crippen molar-refractivity contribution in [3.05, 3.63) is 35.6 Å². The lowest BCUT2D eigenvalue weighted by molar-refractivity contribution is -0.130. The zero-order chi connectivity index (χ0) is 17.8. The van der Waals surface area contributed by atoms with Gasteiger partial charge in [-0.3, -0.25) is 9.79 Å². The molecule has 142 valence electrons. The fourth-order valence-corrected chi connectivity index (χ4v) is 2.36. The number of carbonyl (C=O) groups is 1. The van der Waals surface area contributed by atoms with E-state index in [9.17, 15) is 9.18 Å². The Labute approximate surface area is 167 Å². The number of nitrogens with one attached hydrogen (secondary N) is 2. The van der Waals surface area contributed by atoms with E-state index in [-0.39, 0.29) is 35.7 Å². The molecule has 0 radical (unpaired) electrons. The highest BCUT2D eigenvalue weighted by atomic mass is 127. The van der Waals surface area contributed by atoms with Gasteiger partial charge in [-0.15, -0.1) is 24.0 Å². The summed E-state index contributed by atoms with van der Waals surface area (Å²) in [5.74, 6) is 0.587. The van der Waals surface area contributed by atoms with E-state index < -0.39 is 0 Å². The zero-order valence-electron chi connectivity index (χ0n) is 15.3. The SMILES string of the molecule is CCNC(=NCCC(=O)N(CC)CC)NCCc1cccc(F)c1.I. The minimum absolute atomic E-state index is 0. The molecule has 0 aliphatic heterocycles. The third-order valence-electron chi connectivity index (χ3n) is 3.65. The van der Waals surface area contributed by atoms with Gasteiger partial charge in [0.15, 0.2) is 5.96 Å². The molecular weight excluding hydrogens is 434 g/mol. The number of guanidine groups is 1. The van der Waals surface area contributed by atoms with Crippen LogP contribution in [0.5, 0.6) is 0 Å². The minimum Gasteiger partial charge on any atom is -0.357 e. The van der Waals surface area contributed by atoms with Crippen LogP contribution in [-0.4, -0.2) is 49.5 Å². The van der Waals surface area contributed by atoms with Crippen molar-refractivity contribution >= 4 is 35.8 Å². The number of amides is 1. The summed E-state index contributed by atoms with van der Waals surface area (Å²) in [5, 5.41) is 6.36. The monoisotopic (exact) mass is 464 g/mol. The first kappa shape index (κ1) is 23.6. The summed E-state index contributed by atoms with van der Waals surface area (Å²) >= 11 is 0. The van der Waals surface area contributed by atoms with E-state index >= 15 is 0 Å². The molecule has 0 fully saturated rings. The lowest BCUT2D eigenvalue weighted by atomic mass is 10.1. The molecule has 1 amide bonds. The van der Waals surface area contributed by atoms with Gasteiger partial charge < -0.3 is 15.5 Å². The number of hydrogen-bond donors (Lipinski definition) is 2. The summed E-state index contributed by atoms with van der Waals surface area (Å²) in [6, 6.07) is 6.59. The maximum Gasteiger partial charge on any atom is 0.224 e. The number of aliphatic imine (C=N–C) groups is 1. The van der Waals surface area contributed by atoms with E-state index in [1.165, 1.54) is 12.1 Å². The van der Waals surface area contributed by atoms with E-state index in [1.54, 1.807) is 11.0 Å². The molecule has 0 aliphatic rings. The first-order valence-corrected chi connectivity index (χ1v) is 8.65. The van der Waals surface area contributed by atoms with Crippen LogP contribution in [-0.2, 0) is 11.2 Å². The molecule has 0 bridgehead atoms. The predicted molar refractivity (Wildman–Crippen MR) is 112 cm³/mol. The second-order valence-electron chi connectivity index (χ2n) is 5.38. The second kappa shape index (κ2) is 13.9. The van der Waals surface area contributed by atoms with Gasteiger partial charge in [-0.25, -0.2) is 4.39 Å². The van der Waals surface area contributed by atoms with Gasteiger partial charge in [-0.2, -0.15) is 0 Å². The molecule has 0 saturated carbocycles. The minimum atomic E-state index is -0.219. The Hall–Kier alpha value is -1.38. The van der Waals surface area contributed by atoms with E-state index in [4.69, 9.17) is 0 Å². The first-order valence-electron chi connectivity index (χ1n) is 8.65. The lowest BCUT2D eigenvalue weighted by Gasteiger charge is -2.18. The molecule has 0 aromatic heterocycles. The van der Waals surface area contributed by atoms with Gasteiger partial charge in [0.25, 0.3) is 0 Å². The number of rotatable bonds is 9. The van der Waals surface area contributed by atoms with Crippen molar-refractivity contribution in [2.24, 2.45) is 4.99 Å². The van der Waals surface area contributed by atoms with Gasteiger partial charge in [-0.1, -0.05) is 12.1 Å². The van der Waals surface area contributed by atoms with Crippen molar-refractivity contribution in [3.63, 3.8) is 0 Å². The van der Waals surface area contributed by atoms with E-state index in [0.29, 0.717) is 31.9 Å². The summed E-state index contributed by atoms with van der Waals surface area (Å²) in [6.45, 7) is 9.24. The van der Waals surface area contributed by atoms with E-state index in [0.717, 1.165) is 25.2 Å². The Morgan fingerprint density at radius 2 is 1.92 bits per heavy atom. The number of hydrogen-bond acceptors (Lipinski definition) is 2. The molecule has 1 aromatic rings. The molecule has 0 spiro atoms. The summed E-state index contributed by atoms with van der Waals surface area (Å²) in [7, 11) is 0. The summed E-state index contributed by atoms with van der Waals surface area (Å²) in [4.78, 5) is 18.2. The predicted octanol–water partition coefficient (Wildman–Crippen LogP) is 2.80. The second-order valence-corrected chi connectivity index (χ2v) is 5.38. The quantitative estimate of drug-likeness (QED) is 0.336. The van der Waals surface area contributed by atoms with E-state index in [1.807, 2.05) is 26.8 Å². The van der Waals surface area contributed by atoms with Crippen LogP contribution >= 0.6 is 24.0 Å². The smallest absolute Gasteiger partial charge is 0.224 e. The topological polar surface area (TPSA) is 56.7 Å². The average molecular weight is 464 g/mol. The van der Waals surface area contributed by atoms with Crippen LogP contribution in [0.3, 0.4) is 0 Å². The molecule has 0 heterocycles. The molecule has 5 nitrogen and oxygen atoms in total. The lowest BCUT2D eigenvalue weighted by Crippen LogP contribution is -2.38. The van der Waals surface area contributed by atoms with Gasteiger partial charge in [0.2, 0.25) is 5.91 Å². The Bertz CT molecular complexity index is 536. The molecule has 2 N–H and O–H groups in total. The normalized spacial score (nSPS) is 10.8. The van der Waals surface area contributed by atoms with Gasteiger partial charge in [0.1, 0.15) is 5.82 Å². The van der Waals surface area contributed by atoms with E-state index in [2.05, 4.69) is 15.6 Å². The number of halogens is 2. The molecule has 0 aliphatic carbocycles. The third kappa shape index (κ3) is 9.62. The van der Waals surface area contributed by atoms with Gasteiger partial charge >= 0.3 is 0 Å². The molecule has 0 unspecified atom stereocenters. The Morgan fingerprint density at radius 1 is 1.20 bits per heavy atom. The zero-order valence-corrected chi connectivity index (χ0v) is 17.7. The van der Waals surface area contributed by atoms with Crippen molar-refractivity contribution in [3.8, 4) is 0 Å².